The number of carboxylic acid groups (broad SMARTS) is 1. The average molecular weight is 263 g/mol. The van der Waals surface area contributed by atoms with Gasteiger partial charge in [-0.3, -0.25) is 4.79 Å². The molecule has 0 aliphatic carbocycles. The van der Waals surface area contributed by atoms with E-state index < -0.39 is 5.97 Å². The van der Waals surface area contributed by atoms with E-state index >= 15 is 0 Å². The number of aromatic nitrogens is 1. The van der Waals surface area contributed by atoms with Crippen LogP contribution in [0.3, 0.4) is 0 Å². The van der Waals surface area contributed by atoms with Crippen molar-refractivity contribution in [1.82, 2.24) is 4.98 Å². The summed E-state index contributed by atoms with van der Waals surface area (Å²) in [7, 11) is 0. The number of benzene rings is 1. The standard InChI is InChI=1S/C12H9NO4S/c14-5-8-1-3-9(4-2-8)17-6-11-13-10(7-18-11)12(15)16/h1-5,7H,6H2,(H,15,16). The fourth-order valence-electron chi connectivity index (χ4n) is 1.26. The molecule has 0 spiro atoms. The summed E-state index contributed by atoms with van der Waals surface area (Å²) in [5.74, 6) is -0.444. The number of thiazole rings is 1. The normalized spacial score (nSPS) is 10.0. The maximum atomic E-state index is 10.6. The van der Waals surface area contributed by atoms with Crippen molar-refractivity contribution in [2.45, 2.75) is 6.61 Å². The minimum absolute atomic E-state index is 0.0231. The number of rotatable bonds is 5. The fourth-order valence-corrected chi connectivity index (χ4v) is 1.94. The number of carbonyl (C=O) groups excluding carboxylic acids is 1. The zero-order valence-electron chi connectivity index (χ0n) is 9.20. The smallest absolute Gasteiger partial charge is 0.355 e. The molecule has 0 fully saturated rings. The molecule has 0 atom stereocenters. The lowest BCUT2D eigenvalue weighted by atomic mass is 10.2. The van der Waals surface area contributed by atoms with Crippen molar-refractivity contribution in [3.05, 3.63) is 45.9 Å². The molecule has 0 saturated carbocycles. The first kappa shape index (κ1) is 12.3. The third-order valence-electron chi connectivity index (χ3n) is 2.15. The van der Waals surface area contributed by atoms with Gasteiger partial charge in [0.15, 0.2) is 5.69 Å². The lowest BCUT2D eigenvalue weighted by Crippen LogP contribution is -1.99. The molecular weight excluding hydrogens is 254 g/mol. The first-order chi connectivity index (χ1) is 8.69. The van der Waals surface area contributed by atoms with Crippen LogP contribution in [0.2, 0.25) is 0 Å². The van der Waals surface area contributed by atoms with E-state index in [4.69, 9.17) is 9.84 Å². The highest BCUT2D eigenvalue weighted by Crippen LogP contribution is 2.15. The summed E-state index contributed by atoms with van der Waals surface area (Å²) in [6, 6.07) is 6.64. The maximum absolute atomic E-state index is 10.6. The minimum atomic E-state index is -1.05. The third-order valence-corrected chi connectivity index (χ3v) is 2.97. The highest BCUT2D eigenvalue weighted by molar-refractivity contribution is 7.09. The molecule has 1 aromatic heterocycles. The van der Waals surface area contributed by atoms with E-state index in [1.54, 1.807) is 24.3 Å². The van der Waals surface area contributed by atoms with E-state index in [2.05, 4.69) is 4.98 Å². The average Bonchev–Trinajstić information content (AvgIpc) is 2.86. The van der Waals surface area contributed by atoms with E-state index in [1.165, 1.54) is 16.7 Å². The molecule has 0 radical (unpaired) electrons. The van der Waals surface area contributed by atoms with Crippen molar-refractivity contribution < 1.29 is 19.4 Å². The van der Waals surface area contributed by atoms with Gasteiger partial charge in [0.05, 0.1) is 0 Å². The van der Waals surface area contributed by atoms with Crippen LogP contribution in [0, 0.1) is 0 Å². The zero-order chi connectivity index (χ0) is 13.0. The number of hydrogen-bond donors (Lipinski definition) is 1. The highest BCUT2D eigenvalue weighted by Gasteiger charge is 2.08. The van der Waals surface area contributed by atoms with E-state index in [9.17, 15) is 9.59 Å². The van der Waals surface area contributed by atoms with Crippen LogP contribution in [-0.2, 0) is 6.61 Å². The molecule has 0 unspecified atom stereocenters. The second-order valence-corrected chi connectivity index (χ2v) is 4.35. The van der Waals surface area contributed by atoms with Crippen LogP contribution < -0.4 is 4.74 Å². The topological polar surface area (TPSA) is 76.5 Å². The van der Waals surface area contributed by atoms with Gasteiger partial charge in [0.25, 0.3) is 0 Å². The maximum Gasteiger partial charge on any atom is 0.355 e. The van der Waals surface area contributed by atoms with Crippen LogP contribution in [-0.4, -0.2) is 22.3 Å². The van der Waals surface area contributed by atoms with Crippen LogP contribution in [0.1, 0.15) is 25.9 Å². The van der Waals surface area contributed by atoms with Crippen molar-refractivity contribution in [1.29, 1.82) is 0 Å². The molecule has 2 aromatic rings. The predicted molar refractivity (Wildman–Crippen MR) is 65.2 cm³/mol. The van der Waals surface area contributed by atoms with Gasteiger partial charge in [-0.2, -0.15) is 0 Å². The van der Waals surface area contributed by atoms with Gasteiger partial charge in [-0.05, 0) is 24.3 Å². The van der Waals surface area contributed by atoms with Crippen molar-refractivity contribution >= 4 is 23.6 Å². The molecule has 0 aliphatic heterocycles. The zero-order valence-corrected chi connectivity index (χ0v) is 10.0. The Bertz CT molecular complexity index is 562. The van der Waals surface area contributed by atoms with Gasteiger partial charge in [-0.25, -0.2) is 9.78 Å². The molecule has 0 bridgehead atoms. The molecule has 1 N–H and O–H groups in total. The number of hydrogen-bond acceptors (Lipinski definition) is 5. The Labute approximate surface area is 107 Å². The minimum Gasteiger partial charge on any atom is -0.486 e. The summed E-state index contributed by atoms with van der Waals surface area (Å²) < 4.78 is 5.42. The lowest BCUT2D eigenvalue weighted by molar-refractivity contribution is 0.0691. The summed E-state index contributed by atoms with van der Waals surface area (Å²) in [6.07, 6.45) is 0.754. The molecule has 6 heteroatoms. The van der Waals surface area contributed by atoms with Gasteiger partial charge in [-0.15, -0.1) is 11.3 Å². The van der Waals surface area contributed by atoms with Gasteiger partial charge in [0, 0.05) is 10.9 Å². The summed E-state index contributed by atoms with van der Waals surface area (Å²) in [5.41, 5.74) is 0.597. The van der Waals surface area contributed by atoms with Crippen molar-refractivity contribution in [3.63, 3.8) is 0 Å². The van der Waals surface area contributed by atoms with Crippen LogP contribution in [0.5, 0.6) is 5.75 Å². The van der Waals surface area contributed by atoms with E-state index in [0.29, 0.717) is 16.3 Å². The molecule has 1 aromatic carbocycles. The Hall–Kier alpha value is -2.21. The van der Waals surface area contributed by atoms with Crippen LogP contribution in [0.15, 0.2) is 29.6 Å². The summed E-state index contributed by atoms with van der Waals surface area (Å²) >= 11 is 1.23. The molecule has 92 valence electrons. The fraction of sp³-hybridized carbons (Fsp3) is 0.0833. The molecule has 0 amide bonds. The molecule has 0 saturated heterocycles. The summed E-state index contributed by atoms with van der Waals surface area (Å²) in [4.78, 5) is 25.0. The molecule has 1 heterocycles. The van der Waals surface area contributed by atoms with Gasteiger partial charge in [-0.1, -0.05) is 0 Å². The van der Waals surface area contributed by atoms with Crippen LogP contribution in [0.4, 0.5) is 0 Å². The molecular formula is C12H9NO4S. The van der Waals surface area contributed by atoms with Gasteiger partial charge < -0.3 is 9.84 Å². The largest absolute Gasteiger partial charge is 0.486 e. The van der Waals surface area contributed by atoms with Crippen molar-refractivity contribution in [2.24, 2.45) is 0 Å². The third kappa shape index (κ3) is 2.92. The molecule has 5 nitrogen and oxygen atoms in total. The van der Waals surface area contributed by atoms with Crippen LogP contribution in [0.25, 0.3) is 0 Å². The Kier molecular flexibility index (Phi) is 3.69. The van der Waals surface area contributed by atoms with Gasteiger partial charge in [0.1, 0.15) is 23.7 Å². The summed E-state index contributed by atoms with van der Waals surface area (Å²) in [5, 5.41) is 10.8. The number of carboxylic acids is 1. The quantitative estimate of drug-likeness (QED) is 0.837. The summed E-state index contributed by atoms with van der Waals surface area (Å²) in [6.45, 7) is 0.207. The molecule has 2 rings (SSSR count). The lowest BCUT2D eigenvalue weighted by Gasteiger charge is -2.03. The van der Waals surface area contributed by atoms with Crippen LogP contribution >= 0.6 is 11.3 Å². The van der Waals surface area contributed by atoms with E-state index in [0.717, 1.165) is 6.29 Å². The van der Waals surface area contributed by atoms with Gasteiger partial charge in [0.2, 0.25) is 0 Å². The predicted octanol–water partition coefficient (Wildman–Crippen LogP) is 2.23. The Morgan fingerprint density at radius 3 is 2.67 bits per heavy atom. The Balaban J connectivity index is 1.97. The number of nitrogens with zero attached hydrogens (tertiary/aromatic N) is 1. The van der Waals surface area contributed by atoms with Crippen molar-refractivity contribution in [2.75, 3.05) is 0 Å². The SMILES string of the molecule is O=Cc1ccc(OCc2nc(C(=O)O)cs2)cc1. The Morgan fingerprint density at radius 1 is 1.39 bits per heavy atom. The Morgan fingerprint density at radius 2 is 2.11 bits per heavy atom. The second kappa shape index (κ2) is 5.42. The highest BCUT2D eigenvalue weighted by atomic mass is 32.1. The molecule has 18 heavy (non-hydrogen) atoms. The number of aldehydes is 1. The first-order valence-electron chi connectivity index (χ1n) is 5.05. The monoisotopic (exact) mass is 263 g/mol. The van der Waals surface area contributed by atoms with Crippen molar-refractivity contribution in [3.8, 4) is 5.75 Å². The number of carbonyl (C=O) groups is 2. The van der Waals surface area contributed by atoms with Gasteiger partial charge >= 0.3 is 5.97 Å². The van der Waals surface area contributed by atoms with E-state index in [1.807, 2.05) is 0 Å². The van der Waals surface area contributed by atoms with E-state index in [-0.39, 0.29) is 12.3 Å². The number of aromatic carboxylic acids is 1. The molecule has 0 aliphatic rings. The number of ether oxygens (including phenoxy) is 1. The second-order valence-electron chi connectivity index (χ2n) is 3.41. The first-order valence-corrected chi connectivity index (χ1v) is 5.93.